The van der Waals surface area contributed by atoms with E-state index in [0.29, 0.717) is 17.6 Å². The van der Waals surface area contributed by atoms with Crippen LogP contribution in [0.3, 0.4) is 0 Å². The van der Waals surface area contributed by atoms with E-state index in [-0.39, 0.29) is 18.2 Å². The van der Waals surface area contributed by atoms with Gasteiger partial charge in [0, 0.05) is 20.5 Å². The summed E-state index contributed by atoms with van der Waals surface area (Å²) < 4.78 is 10.3. The van der Waals surface area contributed by atoms with Gasteiger partial charge in [0.15, 0.2) is 11.2 Å². The van der Waals surface area contributed by atoms with E-state index in [4.69, 9.17) is 4.74 Å². The average molecular weight is 363 g/mol. The Morgan fingerprint density at radius 1 is 1.27 bits per heavy atom. The van der Waals surface area contributed by atoms with Crippen molar-refractivity contribution in [3.05, 3.63) is 27.2 Å². The summed E-state index contributed by atoms with van der Waals surface area (Å²) in [5, 5.41) is 14.3. The van der Waals surface area contributed by atoms with E-state index >= 15 is 0 Å². The van der Waals surface area contributed by atoms with Crippen LogP contribution in [0.1, 0.15) is 32.2 Å². The summed E-state index contributed by atoms with van der Waals surface area (Å²) in [5.41, 5.74) is -1.58. The first-order valence-corrected chi connectivity index (χ1v) is 8.95. The van der Waals surface area contributed by atoms with Crippen molar-refractivity contribution in [3.63, 3.8) is 0 Å². The standard InChI is InChI=1S/C17H25N5O4/c1-16(25)9-26-17(4-6-18-7-5-17)8-11(16)22-10-19-13-12(22)14(23)21(3)15(24)20(13)2/h10-11,18,25H,4-9H2,1-3H3/t11-,16-/m0/s1. The quantitative estimate of drug-likeness (QED) is 0.692. The summed E-state index contributed by atoms with van der Waals surface area (Å²) in [6, 6.07) is -0.357. The number of aryl methyl sites for hydroxylation is 1. The normalized spacial score (nSPS) is 28.7. The molecule has 2 aromatic rings. The van der Waals surface area contributed by atoms with Crippen LogP contribution in [0.15, 0.2) is 15.9 Å². The minimum absolute atomic E-state index is 0.198. The highest BCUT2D eigenvalue weighted by Gasteiger charge is 2.48. The Labute approximate surface area is 150 Å². The maximum atomic E-state index is 12.8. The zero-order valence-corrected chi connectivity index (χ0v) is 15.4. The van der Waals surface area contributed by atoms with Crippen LogP contribution < -0.4 is 16.6 Å². The lowest BCUT2D eigenvalue weighted by atomic mass is 9.77. The van der Waals surface area contributed by atoms with Crippen molar-refractivity contribution in [2.75, 3.05) is 19.7 Å². The molecule has 4 heterocycles. The van der Waals surface area contributed by atoms with E-state index in [1.54, 1.807) is 24.9 Å². The number of imidazole rings is 1. The molecule has 0 aromatic carbocycles. The molecule has 9 heteroatoms. The van der Waals surface area contributed by atoms with Gasteiger partial charge < -0.3 is 19.7 Å². The Kier molecular flexibility index (Phi) is 3.87. The number of piperidine rings is 1. The van der Waals surface area contributed by atoms with Gasteiger partial charge in [-0.1, -0.05) is 0 Å². The number of aliphatic hydroxyl groups is 1. The highest BCUT2D eigenvalue weighted by molar-refractivity contribution is 5.70. The number of aromatic nitrogens is 4. The summed E-state index contributed by atoms with van der Waals surface area (Å²) in [5.74, 6) is 0. The molecule has 0 radical (unpaired) electrons. The highest BCUT2D eigenvalue weighted by atomic mass is 16.5. The second kappa shape index (κ2) is 5.77. The molecule has 0 aliphatic carbocycles. The van der Waals surface area contributed by atoms with E-state index in [1.807, 2.05) is 0 Å². The first kappa shape index (κ1) is 17.4. The predicted octanol–water partition coefficient (Wildman–Crippen LogP) is -0.732. The van der Waals surface area contributed by atoms with Gasteiger partial charge in [0.05, 0.1) is 24.6 Å². The Balaban J connectivity index is 1.87. The van der Waals surface area contributed by atoms with Gasteiger partial charge in [-0.25, -0.2) is 9.78 Å². The van der Waals surface area contributed by atoms with E-state index in [9.17, 15) is 14.7 Å². The predicted molar refractivity (Wildman–Crippen MR) is 95.3 cm³/mol. The maximum Gasteiger partial charge on any atom is 0.332 e. The van der Waals surface area contributed by atoms with Gasteiger partial charge in [0.2, 0.25) is 0 Å². The molecule has 4 rings (SSSR count). The van der Waals surface area contributed by atoms with Gasteiger partial charge in [0.25, 0.3) is 5.56 Å². The van der Waals surface area contributed by atoms with Crippen LogP contribution >= 0.6 is 0 Å². The van der Waals surface area contributed by atoms with E-state index < -0.39 is 16.9 Å². The third-order valence-corrected chi connectivity index (χ3v) is 5.98. The van der Waals surface area contributed by atoms with Gasteiger partial charge >= 0.3 is 5.69 Å². The molecule has 2 aliphatic heterocycles. The van der Waals surface area contributed by atoms with Gasteiger partial charge in [-0.3, -0.25) is 13.9 Å². The number of rotatable bonds is 1. The molecule has 0 amide bonds. The van der Waals surface area contributed by atoms with Gasteiger partial charge in [-0.2, -0.15) is 0 Å². The zero-order chi connectivity index (χ0) is 18.7. The Morgan fingerprint density at radius 2 is 1.96 bits per heavy atom. The molecule has 2 saturated heterocycles. The number of hydrogen-bond acceptors (Lipinski definition) is 6. The van der Waals surface area contributed by atoms with Crippen LogP contribution in [-0.4, -0.2) is 54.7 Å². The van der Waals surface area contributed by atoms with Crippen molar-refractivity contribution < 1.29 is 9.84 Å². The maximum absolute atomic E-state index is 12.8. The largest absolute Gasteiger partial charge is 0.386 e. The molecule has 2 fully saturated rings. The second-order valence-electron chi connectivity index (χ2n) is 7.83. The highest BCUT2D eigenvalue weighted by Crippen LogP contribution is 2.43. The fraction of sp³-hybridized carbons (Fsp3) is 0.706. The van der Waals surface area contributed by atoms with Crippen molar-refractivity contribution in [2.24, 2.45) is 14.1 Å². The van der Waals surface area contributed by atoms with Crippen LogP contribution in [0.4, 0.5) is 0 Å². The number of nitrogens with one attached hydrogen (secondary N) is 1. The van der Waals surface area contributed by atoms with Crippen LogP contribution in [0.5, 0.6) is 0 Å². The van der Waals surface area contributed by atoms with Crippen molar-refractivity contribution >= 4 is 11.2 Å². The van der Waals surface area contributed by atoms with Crippen LogP contribution in [-0.2, 0) is 18.8 Å². The SMILES string of the molecule is Cn1c(=O)c2c(ncn2[C@H]2CC3(CCNCC3)OC[C@]2(C)O)n(C)c1=O. The molecule has 2 atom stereocenters. The summed E-state index contributed by atoms with van der Waals surface area (Å²) in [7, 11) is 3.05. The molecular weight excluding hydrogens is 338 g/mol. The molecule has 2 N–H and O–H groups in total. The molecule has 0 saturated carbocycles. The van der Waals surface area contributed by atoms with E-state index in [1.165, 1.54) is 11.6 Å². The van der Waals surface area contributed by atoms with Crippen LogP contribution in [0, 0.1) is 0 Å². The molecule has 2 aliphatic rings. The smallest absolute Gasteiger partial charge is 0.332 e. The summed E-state index contributed by atoms with van der Waals surface area (Å²) in [6.07, 6.45) is 3.88. The molecule has 0 bridgehead atoms. The first-order chi connectivity index (χ1) is 12.3. The second-order valence-corrected chi connectivity index (χ2v) is 7.83. The monoisotopic (exact) mass is 363 g/mol. The topological polar surface area (TPSA) is 103 Å². The van der Waals surface area contributed by atoms with Crippen molar-refractivity contribution in [1.29, 1.82) is 0 Å². The van der Waals surface area contributed by atoms with Crippen molar-refractivity contribution in [1.82, 2.24) is 24.0 Å². The lowest BCUT2D eigenvalue weighted by molar-refractivity contribution is -0.194. The minimum atomic E-state index is -1.14. The van der Waals surface area contributed by atoms with Crippen LogP contribution in [0.25, 0.3) is 11.2 Å². The molecule has 26 heavy (non-hydrogen) atoms. The molecule has 0 unspecified atom stereocenters. The van der Waals surface area contributed by atoms with Gasteiger partial charge in [-0.05, 0) is 32.9 Å². The number of hydrogen-bond donors (Lipinski definition) is 2. The summed E-state index contributed by atoms with van der Waals surface area (Å²) in [6.45, 7) is 3.67. The van der Waals surface area contributed by atoms with Crippen molar-refractivity contribution in [3.8, 4) is 0 Å². The Bertz CT molecular complexity index is 964. The number of fused-ring (bicyclic) bond motifs is 1. The summed E-state index contributed by atoms with van der Waals surface area (Å²) >= 11 is 0. The number of ether oxygens (including phenoxy) is 1. The third kappa shape index (κ3) is 2.45. The first-order valence-electron chi connectivity index (χ1n) is 8.95. The fourth-order valence-corrected chi connectivity index (χ4v) is 4.26. The summed E-state index contributed by atoms with van der Waals surface area (Å²) in [4.78, 5) is 29.2. The molecule has 142 valence electrons. The number of nitrogens with zero attached hydrogens (tertiary/aromatic N) is 4. The van der Waals surface area contributed by atoms with Gasteiger partial charge in [0.1, 0.15) is 5.60 Å². The Morgan fingerprint density at radius 3 is 2.65 bits per heavy atom. The van der Waals surface area contributed by atoms with E-state index in [0.717, 1.165) is 30.5 Å². The third-order valence-electron chi connectivity index (χ3n) is 5.98. The van der Waals surface area contributed by atoms with Crippen LogP contribution in [0.2, 0.25) is 0 Å². The van der Waals surface area contributed by atoms with E-state index in [2.05, 4.69) is 10.3 Å². The van der Waals surface area contributed by atoms with Gasteiger partial charge in [-0.15, -0.1) is 0 Å². The zero-order valence-electron chi connectivity index (χ0n) is 15.4. The fourth-order valence-electron chi connectivity index (χ4n) is 4.26. The van der Waals surface area contributed by atoms with Crippen molar-refractivity contribution in [2.45, 2.75) is 43.4 Å². The molecule has 1 spiro atoms. The minimum Gasteiger partial charge on any atom is -0.386 e. The molecular formula is C17H25N5O4. The Hall–Kier alpha value is -1.97. The molecule has 9 nitrogen and oxygen atoms in total. The average Bonchev–Trinajstić information content (AvgIpc) is 3.06. The lowest BCUT2D eigenvalue weighted by Gasteiger charge is -2.49. The lowest BCUT2D eigenvalue weighted by Crippen LogP contribution is -2.56. The molecule has 2 aromatic heterocycles.